The summed E-state index contributed by atoms with van der Waals surface area (Å²) in [7, 11) is 0. The number of hydrogen-bond acceptors (Lipinski definition) is 1. The molecule has 0 aromatic carbocycles. The Hall–Kier alpha value is -0.465. The Morgan fingerprint density at radius 2 is 1.83 bits per heavy atom. The fraction of sp³-hybridized carbons (Fsp3) is 0.889. The highest BCUT2D eigenvalue weighted by Gasteiger charge is 2.14. The average molecular weight is 169 g/mol. The summed E-state index contributed by atoms with van der Waals surface area (Å²) in [6.07, 6.45) is 4.78. The van der Waals surface area contributed by atoms with E-state index < -0.39 is 5.97 Å². The Balaban J connectivity index is 0. The topological polar surface area (TPSA) is 37.3 Å². The zero-order valence-electron chi connectivity index (χ0n) is 8.05. The molecule has 0 fully saturated rings. The van der Waals surface area contributed by atoms with Crippen molar-refractivity contribution in [2.24, 2.45) is 5.92 Å². The predicted molar refractivity (Wildman–Crippen MR) is 51.3 cm³/mol. The van der Waals surface area contributed by atoms with Gasteiger partial charge in [0.2, 0.25) is 0 Å². The van der Waals surface area contributed by atoms with Gasteiger partial charge in [0, 0.05) is 8.41 Å². The minimum Gasteiger partial charge on any atom is -0.481 e. The largest absolute Gasteiger partial charge is 0.481 e. The molecule has 1 unspecified atom stereocenters. The molecule has 0 heterocycles. The molecule has 0 amide bonds. The fourth-order valence-electron chi connectivity index (χ4n) is 1.19. The maximum Gasteiger partial charge on any atom is 0.306 e. The molecule has 12 heavy (non-hydrogen) atoms. The zero-order valence-corrected chi connectivity index (χ0v) is 8.05. The van der Waals surface area contributed by atoms with E-state index in [9.17, 15) is 4.79 Å². The van der Waals surface area contributed by atoms with Crippen molar-refractivity contribution in [2.75, 3.05) is 0 Å². The highest BCUT2D eigenvalue weighted by Crippen LogP contribution is 2.14. The summed E-state index contributed by atoms with van der Waals surface area (Å²) in [4.78, 5) is 10.6. The van der Waals surface area contributed by atoms with Crippen LogP contribution in [0.2, 0.25) is 0 Å². The minimum atomic E-state index is -0.625. The third-order valence-electron chi connectivity index (χ3n) is 1.89. The lowest BCUT2D eigenvalue weighted by atomic mass is 9.97. The Bertz CT molecular complexity index is 115. The minimum absolute atomic E-state index is 0. The molecule has 0 bridgehead atoms. The van der Waals surface area contributed by atoms with Crippen LogP contribution in [-0.2, 0) is 4.79 Å². The van der Waals surface area contributed by atoms with Gasteiger partial charge in [-0.2, -0.15) is 0 Å². The molecule has 0 aliphatic carbocycles. The summed E-state index contributed by atoms with van der Waals surface area (Å²) < 4.78 is 0. The lowest BCUT2D eigenvalue weighted by Crippen LogP contribution is -2.12. The number of carboxylic acids is 1. The number of hydrogen-bond donors (Lipinski definition) is 1. The highest BCUT2D eigenvalue weighted by molar-refractivity contribution is 5.75. The van der Waals surface area contributed by atoms with Gasteiger partial charge in [-0.1, -0.05) is 33.1 Å². The number of rotatable bonds is 6. The molecule has 0 aliphatic rings. The summed E-state index contributed by atoms with van der Waals surface area (Å²) >= 11 is 0. The van der Waals surface area contributed by atoms with E-state index >= 15 is 0 Å². The highest BCUT2D eigenvalue weighted by atomic mass is 16.4. The smallest absolute Gasteiger partial charge is 0.306 e. The van der Waals surface area contributed by atoms with Gasteiger partial charge < -0.3 is 5.11 Å². The van der Waals surface area contributed by atoms with Gasteiger partial charge in [0.05, 0.1) is 5.92 Å². The lowest BCUT2D eigenvalue weighted by Gasteiger charge is -2.08. The maximum absolute atomic E-state index is 10.6. The van der Waals surface area contributed by atoms with Crippen LogP contribution in [-0.4, -0.2) is 19.5 Å². The van der Waals surface area contributed by atoms with Crippen molar-refractivity contribution in [3.8, 4) is 0 Å². The van der Waals surface area contributed by atoms with Crippen LogP contribution in [0, 0.1) is 5.92 Å². The van der Waals surface area contributed by atoms with E-state index in [0.717, 1.165) is 32.1 Å². The van der Waals surface area contributed by atoms with E-state index in [-0.39, 0.29) is 14.3 Å². The molecule has 0 aliphatic heterocycles. The van der Waals surface area contributed by atoms with E-state index in [1.54, 1.807) is 0 Å². The Labute approximate surface area is 76.9 Å². The van der Waals surface area contributed by atoms with Crippen molar-refractivity contribution >= 4 is 14.4 Å². The summed E-state index contributed by atoms with van der Waals surface area (Å²) in [6, 6.07) is 0. The van der Waals surface area contributed by atoms with Crippen LogP contribution in [0.15, 0.2) is 0 Å². The maximum atomic E-state index is 10.6. The van der Waals surface area contributed by atoms with Crippen molar-refractivity contribution in [3.05, 3.63) is 0 Å². The van der Waals surface area contributed by atoms with E-state index in [1.807, 2.05) is 6.92 Å². The first kappa shape index (κ1) is 14.1. The second-order valence-electron chi connectivity index (χ2n) is 2.97. The first-order chi connectivity index (χ1) is 5.22. The first-order valence-corrected chi connectivity index (χ1v) is 4.45. The van der Waals surface area contributed by atoms with E-state index in [1.165, 1.54) is 0 Å². The SMILES string of the molecule is CCCCC(CCC)C(=O)O.[B]. The summed E-state index contributed by atoms with van der Waals surface area (Å²) in [6.45, 7) is 4.12. The van der Waals surface area contributed by atoms with Crippen LogP contribution in [0.1, 0.15) is 46.0 Å². The number of aliphatic carboxylic acids is 1. The zero-order chi connectivity index (χ0) is 8.69. The third-order valence-corrected chi connectivity index (χ3v) is 1.89. The van der Waals surface area contributed by atoms with Crippen molar-refractivity contribution < 1.29 is 9.90 Å². The number of unbranched alkanes of at least 4 members (excludes halogenated alkanes) is 1. The second-order valence-corrected chi connectivity index (χ2v) is 2.97. The molecule has 1 atom stereocenters. The monoisotopic (exact) mass is 169 g/mol. The van der Waals surface area contributed by atoms with Gasteiger partial charge in [-0.25, -0.2) is 0 Å². The molecule has 1 N–H and O–H groups in total. The molecular weight excluding hydrogens is 151 g/mol. The van der Waals surface area contributed by atoms with Gasteiger partial charge in [0.1, 0.15) is 0 Å². The van der Waals surface area contributed by atoms with Gasteiger partial charge in [0.25, 0.3) is 0 Å². The van der Waals surface area contributed by atoms with Crippen LogP contribution < -0.4 is 0 Å². The van der Waals surface area contributed by atoms with Gasteiger partial charge in [0.15, 0.2) is 0 Å². The van der Waals surface area contributed by atoms with Crippen molar-refractivity contribution in [1.82, 2.24) is 0 Å². The van der Waals surface area contributed by atoms with Crippen LogP contribution in [0.5, 0.6) is 0 Å². The fourth-order valence-corrected chi connectivity index (χ4v) is 1.19. The first-order valence-electron chi connectivity index (χ1n) is 4.45. The van der Waals surface area contributed by atoms with Crippen LogP contribution in [0.4, 0.5) is 0 Å². The van der Waals surface area contributed by atoms with Crippen LogP contribution in [0.3, 0.4) is 0 Å². The molecule has 0 aromatic heterocycles. The molecule has 69 valence electrons. The van der Waals surface area contributed by atoms with E-state index in [2.05, 4.69) is 6.92 Å². The molecular formula is C9H18BO2. The lowest BCUT2D eigenvalue weighted by molar-refractivity contribution is -0.142. The van der Waals surface area contributed by atoms with E-state index in [4.69, 9.17) is 5.11 Å². The van der Waals surface area contributed by atoms with Crippen molar-refractivity contribution in [3.63, 3.8) is 0 Å². The number of carboxylic acid groups (broad SMARTS) is 1. The molecule has 2 nitrogen and oxygen atoms in total. The van der Waals surface area contributed by atoms with Crippen LogP contribution in [0.25, 0.3) is 0 Å². The second kappa shape index (κ2) is 8.63. The predicted octanol–water partition coefficient (Wildman–Crippen LogP) is 2.30. The summed E-state index contributed by atoms with van der Waals surface area (Å²) in [5, 5.41) is 8.73. The summed E-state index contributed by atoms with van der Waals surface area (Å²) in [5.74, 6) is -0.722. The molecule has 0 saturated carbocycles. The van der Waals surface area contributed by atoms with Crippen LogP contribution >= 0.6 is 0 Å². The molecule has 0 spiro atoms. The Morgan fingerprint density at radius 3 is 2.17 bits per heavy atom. The molecule has 3 heteroatoms. The van der Waals surface area contributed by atoms with Crippen molar-refractivity contribution in [2.45, 2.75) is 46.0 Å². The molecule has 0 saturated heterocycles. The summed E-state index contributed by atoms with van der Waals surface area (Å²) in [5.41, 5.74) is 0. The number of carbonyl (C=O) groups is 1. The molecule has 0 rings (SSSR count). The van der Waals surface area contributed by atoms with Gasteiger partial charge in [-0.05, 0) is 12.8 Å². The Kier molecular flexibility index (Phi) is 10.1. The quantitative estimate of drug-likeness (QED) is 0.619. The standard InChI is InChI=1S/C9H18O2.B/c1-3-5-7-8(6-4-2)9(10)11;/h8H,3-7H2,1-2H3,(H,10,11);. The average Bonchev–Trinajstić information content (AvgIpc) is 1.97. The van der Waals surface area contributed by atoms with Gasteiger partial charge >= 0.3 is 5.97 Å². The Morgan fingerprint density at radius 1 is 1.25 bits per heavy atom. The van der Waals surface area contributed by atoms with Gasteiger partial charge in [-0.15, -0.1) is 0 Å². The van der Waals surface area contributed by atoms with Gasteiger partial charge in [-0.3, -0.25) is 4.79 Å². The third kappa shape index (κ3) is 6.26. The molecule has 3 radical (unpaired) electrons. The van der Waals surface area contributed by atoms with E-state index in [0.29, 0.717) is 0 Å². The van der Waals surface area contributed by atoms with Crippen molar-refractivity contribution in [1.29, 1.82) is 0 Å². The molecule has 0 aromatic rings. The normalized spacial score (nSPS) is 11.8.